The van der Waals surface area contributed by atoms with Crippen LogP contribution in [0.5, 0.6) is 0 Å². The summed E-state index contributed by atoms with van der Waals surface area (Å²) in [5.74, 6) is -0.699. The lowest BCUT2D eigenvalue weighted by Gasteiger charge is -2.38. The van der Waals surface area contributed by atoms with Gasteiger partial charge in [0.1, 0.15) is 18.4 Å². The Bertz CT molecular complexity index is 1370. The van der Waals surface area contributed by atoms with Crippen LogP contribution >= 0.6 is 0 Å². The molecule has 0 spiro atoms. The fourth-order valence-corrected chi connectivity index (χ4v) is 5.03. The van der Waals surface area contributed by atoms with Crippen molar-refractivity contribution in [3.63, 3.8) is 0 Å². The minimum atomic E-state index is -0.538. The number of rotatable bonds is 6. The average Bonchev–Trinajstić information content (AvgIpc) is 3.36. The molecule has 35 heavy (non-hydrogen) atoms. The van der Waals surface area contributed by atoms with Crippen LogP contribution in [-0.2, 0) is 11.3 Å². The quantitative estimate of drug-likeness (QED) is 0.387. The van der Waals surface area contributed by atoms with Gasteiger partial charge in [-0.3, -0.25) is 9.59 Å². The second-order valence-corrected chi connectivity index (χ2v) is 8.89. The summed E-state index contributed by atoms with van der Waals surface area (Å²) in [6.45, 7) is 3.47. The van der Waals surface area contributed by atoms with E-state index in [-0.39, 0.29) is 24.2 Å². The van der Waals surface area contributed by atoms with Gasteiger partial charge in [0.05, 0.1) is 0 Å². The van der Waals surface area contributed by atoms with Crippen molar-refractivity contribution in [1.29, 1.82) is 0 Å². The Labute approximate surface area is 204 Å². The summed E-state index contributed by atoms with van der Waals surface area (Å²) in [4.78, 5) is 30.7. The molecule has 2 amide bonds. The second kappa shape index (κ2) is 9.74. The topological polar surface area (TPSA) is 45.6 Å². The molecule has 0 aliphatic carbocycles. The highest BCUT2D eigenvalue weighted by molar-refractivity contribution is 6.07. The maximum absolute atomic E-state index is 14.9. The lowest BCUT2D eigenvalue weighted by atomic mass is 9.99. The van der Waals surface area contributed by atoms with Gasteiger partial charge in [-0.25, -0.2) is 4.39 Å². The number of amides is 2. The third kappa shape index (κ3) is 4.32. The van der Waals surface area contributed by atoms with Gasteiger partial charge in [0.15, 0.2) is 0 Å². The normalized spacial score (nSPS) is 15.1. The molecule has 3 aromatic carbocycles. The van der Waals surface area contributed by atoms with Crippen LogP contribution in [0.4, 0.5) is 4.39 Å². The Hall–Kier alpha value is -3.93. The minimum Gasteiger partial charge on any atom is -0.348 e. The third-order valence-corrected chi connectivity index (χ3v) is 6.69. The maximum atomic E-state index is 14.9. The molecular formula is C29H28FN3O2. The molecule has 1 aromatic heterocycles. The van der Waals surface area contributed by atoms with E-state index in [1.54, 1.807) is 28.0 Å². The van der Waals surface area contributed by atoms with Gasteiger partial charge in [-0.15, -0.1) is 0 Å². The first-order chi connectivity index (χ1) is 17.1. The first kappa shape index (κ1) is 22.8. The van der Waals surface area contributed by atoms with Crippen LogP contribution < -0.4 is 0 Å². The van der Waals surface area contributed by atoms with Crippen molar-refractivity contribution in [2.24, 2.45) is 0 Å². The highest BCUT2D eigenvalue weighted by atomic mass is 19.1. The second-order valence-electron chi connectivity index (χ2n) is 8.89. The number of fused-ring (bicyclic) bond motifs is 2. The van der Waals surface area contributed by atoms with E-state index in [2.05, 4.69) is 4.57 Å². The van der Waals surface area contributed by atoms with Gasteiger partial charge in [0, 0.05) is 42.7 Å². The lowest BCUT2D eigenvalue weighted by Crippen LogP contribution is -2.48. The molecule has 5 nitrogen and oxygen atoms in total. The van der Waals surface area contributed by atoms with Gasteiger partial charge in [-0.2, -0.15) is 0 Å². The zero-order chi connectivity index (χ0) is 24.4. The number of carbonyl (C=O) groups excluding carboxylic acids is 2. The van der Waals surface area contributed by atoms with Crippen molar-refractivity contribution in [1.82, 2.24) is 14.4 Å². The minimum absolute atomic E-state index is 0.0540. The van der Waals surface area contributed by atoms with Gasteiger partial charge >= 0.3 is 0 Å². The molecule has 0 fully saturated rings. The van der Waals surface area contributed by atoms with Gasteiger partial charge < -0.3 is 14.4 Å². The standard InChI is InChI=1S/C29H28FN3O2/c1-2-16-32(29(35)23-13-7-10-21-9-3-4-11-22(21)23)20-27(34)33-19-18-31-17-8-15-26(31)28(33)24-12-5-6-14-25(24)30/h3-15,17,28H,2,16,18-20H2,1H3/t28-/m0/s1. The molecule has 0 saturated carbocycles. The zero-order valence-corrected chi connectivity index (χ0v) is 19.7. The van der Waals surface area contributed by atoms with E-state index in [1.807, 2.05) is 67.7 Å². The Morgan fingerprint density at radius 1 is 0.943 bits per heavy atom. The number of carbonyl (C=O) groups is 2. The molecule has 1 atom stereocenters. The van der Waals surface area contributed by atoms with Crippen LogP contribution in [0.25, 0.3) is 10.8 Å². The van der Waals surface area contributed by atoms with Gasteiger partial charge in [-0.05, 0) is 41.5 Å². The molecule has 0 unspecified atom stereocenters. The largest absolute Gasteiger partial charge is 0.348 e. The number of benzene rings is 3. The van der Waals surface area contributed by atoms with E-state index in [0.29, 0.717) is 30.8 Å². The van der Waals surface area contributed by atoms with E-state index in [0.717, 1.165) is 22.9 Å². The summed E-state index contributed by atoms with van der Waals surface area (Å²) in [5.41, 5.74) is 1.92. The zero-order valence-electron chi connectivity index (χ0n) is 19.7. The predicted octanol–water partition coefficient (Wildman–Crippen LogP) is 5.26. The van der Waals surface area contributed by atoms with Crippen molar-refractivity contribution >= 4 is 22.6 Å². The summed E-state index contributed by atoms with van der Waals surface area (Å²) in [7, 11) is 0. The molecule has 4 aromatic rings. The van der Waals surface area contributed by atoms with Crippen molar-refractivity contribution in [3.8, 4) is 0 Å². The first-order valence-electron chi connectivity index (χ1n) is 12.0. The number of hydrogen-bond acceptors (Lipinski definition) is 2. The van der Waals surface area contributed by atoms with Gasteiger partial charge in [-0.1, -0.05) is 61.5 Å². The molecule has 2 heterocycles. The monoisotopic (exact) mass is 469 g/mol. The number of hydrogen-bond donors (Lipinski definition) is 0. The van der Waals surface area contributed by atoms with Crippen LogP contribution in [0.3, 0.4) is 0 Å². The third-order valence-electron chi connectivity index (χ3n) is 6.69. The van der Waals surface area contributed by atoms with Crippen LogP contribution in [-0.4, -0.2) is 45.8 Å². The van der Waals surface area contributed by atoms with Crippen LogP contribution in [0, 0.1) is 5.82 Å². The summed E-state index contributed by atoms with van der Waals surface area (Å²) in [6.07, 6.45) is 2.68. The molecule has 1 aliphatic heterocycles. The Morgan fingerprint density at radius 2 is 1.71 bits per heavy atom. The van der Waals surface area contributed by atoms with Crippen molar-refractivity contribution in [2.45, 2.75) is 25.9 Å². The molecule has 0 radical (unpaired) electrons. The Morgan fingerprint density at radius 3 is 2.54 bits per heavy atom. The average molecular weight is 470 g/mol. The fraction of sp³-hybridized carbons (Fsp3) is 0.241. The van der Waals surface area contributed by atoms with Crippen molar-refractivity contribution in [3.05, 3.63) is 108 Å². The number of nitrogens with zero attached hydrogens (tertiary/aromatic N) is 3. The summed E-state index contributed by atoms with van der Waals surface area (Å²) >= 11 is 0. The summed E-state index contributed by atoms with van der Waals surface area (Å²) in [6, 6.07) is 23.3. The highest BCUT2D eigenvalue weighted by Gasteiger charge is 2.34. The van der Waals surface area contributed by atoms with E-state index >= 15 is 0 Å². The lowest BCUT2D eigenvalue weighted by molar-refractivity contribution is -0.134. The van der Waals surface area contributed by atoms with Gasteiger partial charge in [0.25, 0.3) is 5.91 Å². The molecule has 0 saturated heterocycles. The predicted molar refractivity (Wildman–Crippen MR) is 135 cm³/mol. The first-order valence-corrected chi connectivity index (χ1v) is 12.0. The Balaban J connectivity index is 1.46. The van der Waals surface area contributed by atoms with Crippen LogP contribution in [0.1, 0.15) is 41.0 Å². The molecule has 178 valence electrons. The molecule has 1 aliphatic rings. The maximum Gasteiger partial charge on any atom is 0.254 e. The molecule has 5 rings (SSSR count). The molecular weight excluding hydrogens is 441 g/mol. The fourth-order valence-electron chi connectivity index (χ4n) is 5.03. The SMILES string of the molecule is CCCN(CC(=O)N1CCn2cccc2[C@@H]1c1ccccc1F)C(=O)c1cccc2ccccc12. The Kier molecular flexibility index (Phi) is 6.36. The summed E-state index contributed by atoms with van der Waals surface area (Å²) < 4.78 is 16.9. The number of aromatic nitrogens is 1. The molecule has 0 bridgehead atoms. The van der Waals surface area contributed by atoms with Crippen molar-refractivity contribution < 1.29 is 14.0 Å². The van der Waals surface area contributed by atoms with Crippen LogP contribution in [0.2, 0.25) is 0 Å². The smallest absolute Gasteiger partial charge is 0.254 e. The van der Waals surface area contributed by atoms with E-state index in [1.165, 1.54) is 6.07 Å². The van der Waals surface area contributed by atoms with Gasteiger partial charge in [0.2, 0.25) is 5.91 Å². The van der Waals surface area contributed by atoms with E-state index < -0.39 is 6.04 Å². The molecule has 6 heteroatoms. The van der Waals surface area contributed by atoms with Crippen molar-refractivity contribution in [2.75, 3.05) is 19.6 Å². The van der Waals surface area contributed by atoms with Crippen LogP contribution in [0.15, 0.2) is 85.1 Å². The van der Waals surface area contributed by atoms with E-state index in [4.69, 9.17) is 0 Å². The summed E-state index contributed by atoms with van der Waals surface area (Å²) in [5, 5.41) is 1.85. The highest BCUT2D eigenvalue weighted by Crippen LogP contribution is 2.34. The van der Waals surface area contributed by atoms with E-state index in [9.17, 15) is 14.0 Å². The number of halogens is 1. The molecule has 0 N–H and O–H groups in total.